The summed E-state index contributed by atoms with van der Waals surface area (Å²) >= 11 is 0.726. The number of carbonyl (C=O) groups excluding carboxylic acids is 1. The molecule has 2 heterocycles. The van der Waals surface area contributed by atoms with Gasteiger partial charge in [0, 0.05) is 11.1 Å². The molecule has 0 fully saturated rings. The van der Waals surface area contributed by atoms with E-state index < -0.39 is 15.9 Å². The maximum absolute atomic E-state index is 12.6. The topological polar surface area (TPSA) is 149 Å². The third-order valence-corrected chi connectivity index (χ3v) is 7.05. The van der Waals surface area contributed by atoms with Crippen LogP contribution in [0.25, 0.3) is 11.4 Å². The molecule has 0 aliphatic heterocycles. The maximum Gasteiger partial charge on any atom is 0.270 e. The average molecular weight is 501 g/mol. The summed E-state index contributed by atoms with van der Waals surface area (Å²) in [5, 5.41) is 13.9. The third-order valence-electron chi connectivity index (χ3n) is 4.44. The highest BCUT2D eigenvalue weighted by molar-refractivity contribution is 7.91. The van der Waals surface area contributed by atoms with Crippen molar-refractivity contribution >= 4 is 32.4 Å². The molecule has 2 aromatic carbocycles. The zero-order valence-corrected chi connectivity index (χ0v) is 19.8. The first kappa shape index (κ1) is 23.5. The van der Waals surface area contributed by atoms with Crippen LogP contribution in [-0.4, -0.2) is 41.3 Å². The molecule has 0 unspecified atom stereocenters. The Bertz CT molecular complexity index is 1400. The highest BCUT2D eigenvalue weighted by Crippen LogP contribution is 2.22. The van der Waals surface area contributed by atoms with Crippen LogP contribution in [0.5, 0.6) is 5.75 Å². The van der Waals surface area contributed by atoms with Gasteiger partial charge in [-0.25, -0.2) is 8.42 Å². The zero-order chi connectivity index (χ0) is 24.1. The first-order chi connectivity index (χ1) is 16.3. The minimum Gasteiger partial charge on any atom is -0.494 e. The van der Waals surface area contributed by atoms with Gasteiger partial charge in [-0.05, 0) is 50.2 Å². The number of nitrogens with one attached hydrogen (secondary N) is 2. The lowest BCUT2D eigenvalue weighted by Crippen LogP contribution is -2.23. The molecule has 11 nitrogen and oxygen atoms in total. The van der Waals surface area contributed by atoms with Crippen LogP contribution in [0.1, 0.15) is 28.7 Å². The highest BCUT2D eigenvalue weighted by Gasteiger charge is 2.22. The van der Waals surface area contributed by atoms with Crippen LogP contribution in [0, 0.1) is 6.92 Å². The number of sulfonamides is 1. The summed E-state index contributed by atoms with van der Waals surface area (Å²) in [4.78, 5) is 16.5. The minimum absolute atomic E-state index is 0.0578. The molecule has 0 saturated heterocycles. The Morgan fingerprint density at radius 1 is 1.15 bits per heavy atom. The molecule has 0 atom stereocenters. The van der Waals surface area contributed by atoms with Crippen molar-refractivity contribution in [3.63, 3.8) is 0 Å². The molecule has 176 valence electrons. The number of nitrogens with zero attached hydrogens (tertiary/aromatic N) is 4. The molecule has 2 aromatic heterocycles. The van der Waals surface area contributed by atoms with E-state index >= 15 is 0 Å². The van der Waals surface area contributed by atoms with Crippen molar-refractivity contribution in [2.24, 2.45) is 0 Å². The average Bonchev–Trinajstić information content (AvgIpc) is 3.49. The molecule has 0 bridgehead atoms. The van der Waals surface area contributed by atoms with Gasteiger partial charge in [-0.3, -0.25) is 10.1 Å². The van der Waals surface area contributed by atoms with Gasteiger partial charge in [-0.15, -0.1) is 10.2 Å². The van der Waals surface area contributed by atoms with Crippen LogP contribution in [0.4, 0.5) is 5.13 Å². The van der Waals surface area contributed by atoms with E-state index in [1.807, 2.05) is 19.9 Å². The molecule has 0 spiro atoms. The van der Waals surface area contributed by atoms with E-state index in [9.17, 15) is 13.2 Å². The second kappa shape index (κ2) is 10.1. The summed E-state index contributed by atoms with van der Waals surface area (Å²) in [6.07, 6.45) is 0. The van der Waals surface area contributed by atoms with Crippen LogP contribution in [0.2, 0.25) is 0 Å². The molecule has 0 aliphatic carbocycles. The van der Waals surface area contributed by atoms with Crippen molar-refractivity contribution in [2.45, 2.75) is 24.7 Å². The Morgan fingerprint density at radius 3 is 2.68 bits per heavy atom. The summed E-state index contributed by atoms with van der Waals surface area (Å²) < 4.78 is 37.7. The molecule has 2 N–H and O–H groups in total. The standard InChI is InChI=1S/C21H20N6O5S2/c1-3-31-16-9-7-14(8-10-16)18-23-17(32-27-18)12-22-34(29,30)21-26-25-20(33-21)24-19(28)15-6-4-5-13(2)11-15/h4-11,22H,3,12H2,1-2H3,(H,24,25,28). The Hall–Kier alpha value is -3.68. The van der Waals surface area contributed by atoms with Crippen LogP contribution in [0.15, 0.2) is 57.4 Å². The van der Waals surface area contributed by atoms with E-state index in [0.717, 1.165) is 16.9 Å². The summed E-state index contributed by atoms with van der Waals surface area (Å²) in [6, 6.07) is 14.1. The van der Waals surface area contributed by atoms with Gasteiger partial charge in [-0.1, -0.05) is 34.2 Å². The van der Waals surface area contributed by atoms with Crippen molar-refractivity contribution in [2.75, 3.05) is 11.9 Å². The molecule has 0 aliphatic rings. The van der Waals surface area contributed by atoms with Gasteiger partial charge in [0.2, 0.25) is 21.2 Å². The summed E-state index contributed by atoms with van der Waals surface area (Å²) in [5.41, 5.74) is 2.04. The van der Waals surface area contributed by atoms with Crippen LogP contribution in [-0.2, 0) is 16.6 Å². The largest absolute Gasteiger partial charge is 0.494 e. The second-order valence-corrected chi connectivity index (χ2v) is 9.91. The molecule has 34 heavy (non-hydrogen) atoms. The number of ether oxygens (including phenoxy) is 1. The molecule has 0 saturated carbocycles. The summed E-state index contributed by atoms with van der Waals surface area (Å²) in [6.45, 7) is 4.07. The van der Waals surface area contributed by atoms with Crippen molar-refractivity contribution in [1.29, 1.82) is 0 Å². The number of aryl methyl sites for hydroxylation is 1. The second-order valence-electron chi connectivity index (χ2n) is 6.99. The van der Waals surface area contributed by atoms with Gasteiger partial charge in [0.1, 0.15) is 5.75 Å². The van der Waals surface area contributed by atoms with Gasteiger partial charge in [0.25, 0.3) is 15.9 Å². The van der Waals surface area contributed by atoms with Crippen LogP contribution in [0.3, 0.4) is 0 Å². The molecule has 4 rings (SSSR count). The normalized spacial score (nSPS) is 11.4. The fourth-order valence-corrected chi connectivity index (χ4v) is 4.76. The lowest BCUT2D eigenvalue weighted by molar-refractivity contribution is 0.102. The van der Waals surface area contributed by atoms with Crippen molar-refractivity contribution in [3.8, 4) is 17.1 Å². The quantitative estimate of drug-likeness (QED) is 0.331. The Balaban J connectivity index is 1.37. The van der Waals surface area contributed by atoms with Gasteiger partial charge >= 0.3 is 0 Å². The van der Waals surface area contributed by atoms with E-state index in [4.69, 9.17) is 9.26 Å². The number of amides is 1. The predicted octanol–water partition coefficient (Wildman–Crippen LogP) is 3.03. The van der Waals surface area contributed by atoms with E-state index in [-0.39, 0.29) is 21.9 Å². The summed E-state index contributed by atoms with van der Waals surface area (Å²) in [5.74, 6) is 0.693. The molecule has 1 amide bonds. The number of benzene rings is 2. The molecule has 4 aromatic rings. The molecule has 0 radical (unpaired) electrons. The van der Waals surface area contributed by atoms with Crippen LogP contribution < -0.4 is 14.8 Å². The van der Waals surface area contributed by atoms with E-state index in [2.05, 4.69) is 30.4 Å². The maximum atomic E-state index is 12.6. The third kappa shape index (κ3) is 5.62. The smallest absolute Gasteiger partial charge is 0.270 e. The van der Waals surface area contributed by atoms with Gasteiger partial charge in [0.05, 0.1) is 13.2 Å². The van der Waals surface area contributed by atoms with Gasteiger partial charge in [0.15, 0.2) is 0 Å². The monoisotopic (exact) mass is 500 g/mol. The first-order valence-corrected chi connectivity index (χ1v) is 12.4. The fraction of sp³-hybridized carbons (Fsp3) is 0.190. The Labute approximate surface area is 199 Å². The first-order valence-electron chi connectivity index (χ1n) is 10.1. The summed E-state index contributed by atoms with van der Waals surface area (Å²) in [7, 11) is -4.01. The number of hydrogen-bond donors (Lipinski definition) is 2. The molecular weight excluding hydrogens is 480 g/mol. The van der Waals surface area contributed by atoms with Gasteiger partial charge in [-0.2, -0.15) is 9.71 Å². The number of rotatable bonds is 9. The van der Waals surface area contributed by atoms with Crippen molar-refractivity contribution in [1.82, 2.24) is 25.1 Å². The van der Waals surface area contributed by atoms with E-state index in [1.54, 1.807) is 42.5 Å². The van der Waals surface area contributed by atoms with E-state index in [0.29, 0.717) is 29.3 Å². The van der Waals surface area contributed by atoms with Crippen LogP contribution >= 0.6 is 11.3 Å². The number of carbonyl (C=O) groups is 1. The fourth-order valence-electron chi connectivity index (χ4n) is 2.85. The Kier molecular flexibility index (Phi) is 6.95. The lowest BCUT2D eigenvalue weighted by atomic mass is 10.1. The lowest BCUT2D eigenvalue weighted by Gasteiger charge is -2.02. The number of anilines is 1. The van der Waals surface area contributed by atoms with Crippen molar-refractivity contribution in [3.05, 3.63) is 65.5 Å². The van der Waals surface area contributed by atoms with Gasteiger partial charge < -0.3 is 9.26 Å². The van der Waals surface area contributed by atoms with Crippen molar-refractivity contribution < 1.29 is 22.5 Å². The SMILES string of the molecule is CCOc1ccc(-c2noc(CNS(=O)(=O)c3nnc(NC(=O)c4cccc(C)c4)s3)n2)cc1. The number of aromatic nitrogens is 4. The number of hydrogen-bond acceptors (Lipinski definition) is 10. The molecular formula is C21H20N6O5S2. The predicted molar refractivity (Wildman–Crippen MR) is 124 cm³/mol. The molecule has 13 heteroatoms. The Morgan fingerprint density at radius 2 is 1.94 bits per heavy atom. The van der Waals surface area contributed by atoms with E-state index in [1.165, 1.54) is 0 Å². The minimum atomic E-state index is -4.01. The highest BCUT2D eigenvalue weighted by atomic mass is 32.2. The zero-order valence-electron chi connectivity index (χ0n) is 18.2.